The first-order valence-electron chi connectivity index (χ1n) is 13.2. The molecule has 0 bridgehead atoms. The summed E-state index contributed by atoms with van der Waals surface area (Å²) in [4.78, 5) is 2.47. The zero-order valence-corrected chi connectivity index (χ0v) is 20.8. The molecule has 172 valence electrons. The van der Waals surface area contributed by atoms with Gasteiger partial charge in [0, 0.05) is 6.04 Å². The highest BCUT2D eigenvalue weighted by Gasteiger charge is 2.10. The lowest BCUT2D eigenvalue weighted by molar-refractivity contribution is 0.251. The van der Waals surface area contributed by atoms with Gasteiger partial charge in [0.05, 0.1) is 0 Å². The first-order valence-corrected chi connectivity index (χ1v) is 13.2. The van der Waals surface area contributed by atoms with Crippen LogP contribution in [0, 0.1) is 0 Å². The van der Waals surface area contributed by atoms with Gasteiger partial charge in [0.15, 0.2) is 0 Å². The van der Waals surface area contributed by atoms with Gasteiger partial charge in [-0.3, -0.25) is 0 Å². The van der Waals surface area contributed by atoms with Crippen LogP contribution in [0.3, 0.4) is 0 Å². The van der Waals surface area contributed by atoms with Crippen molar-refractivity contribution in [3.8, 4) is 0 Å². The monoisotopic (exact) mass is 405 g/mol. The molecule has 0 fully saturated rings. The average molecular weight is 406 g/mol. The van der Waals surface area contributed by atoms with Gasteiger partial charge in [-0.25, -0.2) is 0 Å². The van der Waals surface area contributed by atoms with E-state index in [1.165, 1.54) is 116 Å². The van der Waals surface area contributed by atoms with Crippen LogP contribution in [0.4, 0.5) is 0 Å². The molecule has 0 N–H and O–H groups in total. The number of hydrogen-bond donors (Lipinski definition) is 0. The molecule has 0 aromatic rings. The third-order valence-electron chi connectivity index (χ3n) is 6.11. The molecule has 0 amide bonds. The average Bonchev–Trinajstić information content (AvgIpc) is 2.71. The van der Waals surface area contributed by atoms with Crippen molar-refractivity contribution in [3.63, 3.8) is 0 Å². The number of allylic oxidation sites excluding steroid dienone is 4. The minimum Gasteiger partial charge on any atom is -0.306 e. The van der Waals surface area contributed by atoms with Crippen molar-refractivity contribution in [2.75, 3.05) is 14.1 Å². The van der Waals surface area contributed by atoms with Gasteiger partial charge in [0.1, 0.15) is 0 Å². The molecule has 0 saturated carbocycles. The van der Waals surface area contributed by atoms with E-state index in [2.05, 4.69) is 57.1 Å². The van der Waals surface area contributed by atoms with E-state index in [-0.39, 0.29) is 0 Å². The molecule has 0 aromatic carbocycles. The fourth-order valence-electron chi connectivity index (χ4n) is 4.01. The van der Waals surface area contributed by atoms with E-state index in [1.807, 2.05) is 0 Å². The van der Waals surface area contributed by atoms with Crippen LogP contribution in [0.1, 0.15) is 136 Å². The topological polar surface area (TPSA) is 3.24 Å². The molecule has 0 aliphatic rings. The Bertz CT molecular complexity index is 355. The van der Waals surface area contributed by atoms with Gasteiger partial charge in [-0.1, -0.05) is 115 Å². The van der Waals surface area contributed by atoms with Gasteiger partial charge in [0.2, 0.25) is 0 Å². The number of rotatable bonds is 22. The van der Waals surface area contributed by atoms with Gasteiger partial charge < -0.3 is 4.90 Å². The summed E-state index contributed by atoms with van der Waals surface area (Å²) in [5, 5.41) is 0. The molecule has 0 heterocycles. The quantitative estimate of drug-likeness (QED) is 0.128. The molecule has 0 aliphatic carbocycles. The van der Waals surface area contributed by atoms with Gasteiger partial charge >= 0.3 is 0 Å². The Balaban J connectivity index is 3.50. The molecule has 0 spiro atoms. The summed E-state index contributed by atoms with van der Waals surface area (Å²) < 4.78 is 0. The van der Waals surface area contributed by atoms with E-state index >= 15 is 0 Å². The highest BCUT2D eigenvalue weighted by Crippen LogP contribution is 2.17. The Morgan fingerprint density at radius 3 is 1.45 bits per heavy atom. The van der Waals surface area contributed by atoms with Crippen molar-refractivity contribution in [2.24, 2.45) is 0 Å². The first kappa shape index (κ1) is 28.4. The van der Waals surface area contributed by atoms with Crippen LogP contribution >= 0.6 is 0 Å². The van der Waals surface area contributed by atoms with E-state index in [0.29, 0.717) is 0 Å². The Hall–Kier alpha value is -0.560. The predicted molar refractivity (Wildman–Crippen MR) is 135 cm³/mol. The maximum absolute atomic E-state index is 2.47. The van der Waals surface area contributed by atoms with Gasteiger partial charge in [-0.2, -0.15) is 0 Å². The summed E-state index contributed by atoms with van der Waals surface area (Å²) in [6.07, 6.45) is 35.4. The normalized spacial score (nSPS) is 13.3. The molecule has 0 aliphatic heterocycles. The molecular weight excluding hydrogens is 350 g/mol. The summed E-state index contributed by atoms with van der Waals surface area (Å²) in [6.45, 7) is 4.57. The van der Waals surface area contributed by atoms with Crippen molar-refractivity contribution in [2.45, 2.75) is 142 Å². The van der Waals surface area contributed by atoms with E-state index in [1.54, 1.807) is 0 Å². The SMILES string of the molecule is CCCCC/C=C/C/C=C/CCCCCCCC(CCCCCCCC)N(C)C. The van der Waals surface area contributed by atoms with Crippen LogP contribution in [0.5, 0.6) is 0 Å². The van der Waals surface area contributed by atoms with Gasteiger partial charge in [0.25, 0.3) is 0 Å². The fraction of sp³-hybridized carbons (Fsp3) is 0.857. The lowest BCUT2D eigenvalue weighted by atomic mass is 9.99. The smallest absolute Gasteiger partial charge is 0.00891 e. The summed E-state index contributed by atoms with van der Waals surface area (Å²) >= 11 is 0. The van der Waals surface area contributed by atoms with Gasteiger partial charge in [-0.15, -0.1) is 0 Å². The molecule has 29 heavy (non-hydrogen) atoms. The van der Waals surface area contributed by atoms with Crippen molar-refractivity contribution < 1.29 is 0 Å². The van der Waals surface area contributed by atoms with Crippen LogP contribution in [-0.2, 0) is 0 Å². The molecule has 0 rings (SSSR count). The highest BCUT2D eigenvalue weighted by molar-refractivity contribution is 4.92. The minimum absolute atomic E-state index is 0.805. The summed E-state index contributed by atoms with van der Waals surface area (Å²) in [7, 11) is 4.54. The maximum atomic E-state index is 2.47. The maximum Gasteiger partial charge on any atom is 0.00891 e. The predicted octanol–water partition coefficient (Wildman–Crippen LogP) is 9.48. The molecule has 1 heteroatoms. The minimum atomic E-state index is 0.805. The molecule has 1 unspecified atom stereocenters. The van der Waals surface area contributed by atoms with E-state index in [9.17, 15) is 0 Å². The van der Waals surface area contributed by atoms with Crippen molar-refractivity contribution in [3.05, 3.63) is 24.3 Å². The molecule has 0 aromatic heterocycles. The van der Waals surface area contributed by atoms with Crippen molar-refractivity contribution in [1.29, 1.82) is 0 Å². The lowest BCUT2D eigenvalue weighted by Gasteiger charge is -2.24. The van der Waals surface area contributed by atoms with Crippen molar-refractivity contribution in [1.82, 2.24) is 4.90 Å². The summed E-state index contributed by atoms with van der Waals surface area (Å²) in [5.41, 5.74) is 0. The Morgan fingerprint density at radius 2 is 0.931 bits per heavy atom. The number of unbranched alkanes of at least 4 members (excludes halogenated alkanes) is 13. The molecule has 0 saturated heterocycles. The fourth-order valence-corrected chi connectivity index (χ4v) is 4.01. The number of hydrogen-bond acceptors (Lipinski definition) is 1. The first-order chi connectivity index (χ1) is 14.2. The second-order valence-corrected chi connectivity index (χ2v) is 9.19. The zero-order valence-electron chi connectivity index (χ0n) is 20.8. The third-order valence-corrected chi connectivity index (χ3v) is 6.11. The zero-order chi connectivity index (χ0) is 21.4. The van der Waals surface area contributed by atoms with Crippen LogP contribution in [0.15, 0.2) is 24.3 Å². The molecule has 1 atom stereocenters. The molecule has 0 radical (unpaired) electrons. The van der Waals surface area contributed by atoms with Crippen LogP contribution in [0.2, 0.25) is 0 Å². The van der Waals surface area contributed by atoms with Gasteiger partial charge in [-0.05, 0) is 59.0 Å². The number of nitrogens with zero attached hydrogens (tertiary/aromatic N) is 1. The third kappa shape index (κ3) is 22.0. The molecular formula is C28H55N. The highest BCUT2D eigenvalue weighted by atomic mass is 15.1. The largest absolute Gasteiger partial charge is 0.306 e. The van der Waals surface area contributed by atoms with Crippen LogP contribution in [-0.4, -0.2) is 25.0 Å². The Labute approximate surface area is 185 Å². The lowest BCUT2D eigenvalue weighted by Crippen LogP contribution is -2.27. The van der Waals surface area contributed by atoms with E-state index in [4.69, 9.17) is 0 Å². The van der Waals surface area contributed by atoms with E-state index < -0.39 is 0 Å². The second kappa shape index (κ2) is 23.7. The van der Waals surface area contributed by atoms with E-state index in [0.717, 1.165) is 12.5 Å². The van der Waals surface area contributed by atoms with Crippen molar-refractivity contribution >= 4 is 0 Å². The summed E-state index contributed by atoms with van der Waals surface area (Å²) in [5.74, 6) is 0. The van der Waals surface area contributed by atoms with Crippen LogP contribution < -0.4 is 0 Å². The summed E-state index contributed by atoms with van der Waals surface area (Å²) in [6, 6.07) is 0.805. The molecule has 1 nitrogen and oxygen atoms in total. The Morgan fingerprint density at radius 1 is 0.517 bits per heavy atom. The van der Waals surface area contributed by atoms with Crippen LogP contribution in [0.25, 0.3) is 0 Å². The Kier molecular flexibility index (Phi) is 23.3. The second-order valence-electron chi connectivity index (χ2n) is 9.19. The standard InChI is InChI=1S/C28H55N/c1-5-7-9-11-13-14-15-16-17-18-19-20-21-23-25-27-28(29(3)4)26-24-22-12-10-8-6-2/h13-14,16-17,28H,5-12,15,18-27H2,1-4H3/b14-13+,17-16+.